The normalized spacial score (nSPS) is 18.8. The Morgan fingerprint density at radius 1 is 1.39 bits per heavy atom. The van der Waals surface area contributed by atoms with Crippen LogP contribution in [0.15, 0.2) is 22.7 Å². The van der Waals surface area contributed by atoms with Crippen molar-refractivity contribution in [3.8, 4) is 0 Å². The summed E-state index contributed by atoms with van der Waals surface area (Å²) in [4.78, 5) is 0. The number of halogens is 1. The summed E-state index contributed by atoms with van der Waals surface area (Å²) in [6.45, 7) is 4.05. The fourth-order valence-corrected chi connectivity index (χ4v) is 3.10. The van der Waals surface area contributed by atoms with Gasteiger partial charge in [-0.25, -0.2) is 0 Å². The van der Waals surface area contributed by atoms with Crippen molar-refractivity contribution in [1.82, 2.24) is 5.32 Å². The molecule has 0 aromatic heterocycles. The van der Waals surface area contributed by atoms with Gasteiger partial charge in [0.25, 0.3) is 0 Å². The van der Waals surface area contributed by atoms with Gasteiger partial charge in [-0.3, -0.25) is 0 Å². The lowest BCUT2D eigenvalue weighted by Gasteiger charge is -2.27. The molecule has 0 saturated carbocycles. The van der Waals surface area contributed by atoms with Gasteiger partial charge in [-0.05, 0) is 56.3 Å². The highest BCUT2D eigenvalue weighted by atomic mass is 79.9. The topological polar surface area (TPSA) is 21.3 Å². The Hall–Kier alpha value is -0.380. The number of benzene rings is 1. The molecule has 18 heavy (non-hydrogen) atoms. The first-order valence-corrected chi connectivity index (χ1v) is 7.51. The molecule has 0 aliphatic carbocycles. The van der Waals surface area contributed by atoms with Crippen molar-refractivity contribution in [3.05, 3.63) is 33.8 Å². The molecule has 1 fully saturated rings. The van der Waals surface area contributed by atoms with E-state index >= 15 is 0 Å². The Balaban J connectivity index is 2.09. The average Bonchev–Trinajstić information content (AvgIpc) is 2.41. The minimum absolute atomic E-state index is 0.450. The van der Waals surface area contributed by atoms with Crippen molar-refractivity contribution in [2.45, 2.75) is 32.2 Å². The lowest BCUT2D eigenvalue weighted by atomic mass is 9.88. The molecular weight excluding hydrogens is 290 g/mol. The summed E-state index contributed by atoms with van der Waals surface area (Å²) in [5.41, 5.74) is 2.77. The van der Waals surface area contributed by atoms with E-state index < -0.39 is 0 Å². The highest BCUT2D eigenvalue weighted by molar-refractivity contribution is 9.10. The maximum absolute atomic E-state index is 5.44. The molecule has 1 saturated heterocycles. The van der Waals surface area contributed by atoms with Crippen molar-refractivity contribution in [2.75, 3.05) is 20.3 Å². The molecule has 0 spiro atoms. The zero-order valence-corrected chi connectivity index (χ0v) is 12.8. The lowest BCUT2D eigenvalue weighted by molar-refractivity contribution is 0.0608. The summed E-state index contributed by atoms with van der Waals surface area (Å²) in [5, 5.41) is 3.47. The minimum Gasteiger partial charge on any atom is -0.381 e. The summed E-state index contributed by atoms with van der Waals surface area (Å²) in [6, 6.07) is 6.92. The average molecular weight is 312 g/mol. The molecular formula is C15H22BrNO. The van der Waals surface area contributed by atoms with Gasteiger partial charge in [-0.1, -0.05) is 28.1 Å². The molecule has 1 aliphatic rings. The van der Waals surface area contributed by atoms with E-state index in [0.717, 1.165) is 19.1 Å². The molecule has 0 amide bonds. The molecule has 2 nitrogen and oxygen atoms in total. The summed E-state index contributed by atoms with van der Waals surface area (Å²) in [7, 11) is 2.06. The van der Waals surface area contributed by atoms with Gasteiger partial charge in [-0.2, -0.15) is 0 Å². The van der Waals surface area contributed by atoms with Crippen LogP contribution in [0.25, 0.3) is 0 Å². The molecule has 1 aromatic carbocycles. The largest absolute Gasteiger partial charge is 0.381 e. The van der Waals surface area contributed by atoms with Crippen molar-refractivity contribution in [1.29, 1.82) is 0 Å². The number of rotatable bonds is 4. The summed E-state index contributed by atoms with van der Waals surface area (Å²) in [5.74, 6) is 0.787. The van der Waals surface area contributed by atoms with Crippen LogP contribution in [0, 0.1) is 12.8 Å². The van der Waals surface area contributed by atoms with E-state index in [1.807, 2.05) is 0 Å². The predicted molar refractivity (Wildman–Crippen MR) is 78.8 cm³/mol. The molecule has 100 valence electrons. The second kappa shape index (κ2) is 6.69. The molecule has 1 aliphatic heterocycles. The van der Waals surface area contributed by atoms with Gasteiger partial charge in [0.2, 0.25) is 0 Å². The summed E-state index contributed by atoms with van der Waals surface area (Å²) in [6.07, 6.45) is 3.60. The Morgan fingerprint density at radius 3 is 2.78 bits per heavy atom. The van der Waals surface area contributed by atoms with Gasteiger partial charge < -0.3 is 10.1 Å². The third kappa shape index (κ3) is 3.34. The van der Waals surface area contributed by atoms with E-state index in [-0.39, 0.29) is 0 Å². The van der Waals surface area contributed by atoms with E-state index in [4.69, 9.17) is 4.74 Å². The molecule has 1 atom stereocenters. The maximum atomic E-state index is 5.44. The van der Waals surface area contributed by atoms with Crippen LogP contribution in [-0.4, -0.2) is 20.3 Å². The molecule has 3 heteroatoms. The fourth-order valence-electron chi connectivity index (χ4n) is 2.72. The van der Waals surface area contributed by atoms with Crippen molar-refractivity contribution < 1.29 is 4.74 Å². The van der Waals surface area contributed by atoms with E-state index in [2.05, 4.69) is 53.4 Å². The molecule has 0 bridgehead atoms. The van der Waals surface area contributed by atoms with Crippen LogP contribution in [0.5, 0.6) is 0 Å². The van der Waals surface area contributed by atoms with Gasteiger partial charge in [0.05, 0.1) is 0 Å². The van der Waals surface area contributed by atoms with Crippen molar-refractivity contribution in [3.63, 3.8) is 0 Å². The van der Waals surface area contributed by atoms with Crippen molar-refractivity contribution in [2.24, 2.45) is 5.92 Å². The first-order valence-electron chi connectivity index (χ1n) is 6.72. The number of hydrogen-bond donors (Lipinski definition) is 1. The Morgan fingerprint density at radius 2 is 2.11 bits per heavy atom. The molecule has 0 radical (unpaired) electrons. The zero-order chi connectivity index (χ0) is 13.0. The highest BCUT2D eigenvalue weighted by Gasteiger charge is 2.20. The Bertz CT molecular complexity index is 388. The summed E-state index contributed by atoms with van der Waals surface area (Å²) >= 11 is 3.62. The number of ether oxygens (including phenoxy) is 1. The monoisotopic (exact) mass is 311 g/mol. The first-order chi connectivity index (χ1) is 8.72. The quantitative estimate of drug-likeness (QED) is 0.912. The van der Waals surface area contributed by atoms with Gasteiger partial charge >= 0.3 is 0 Å². The van der Waals surface area contributed by atoms with E-state index in [1.165, 1.54) is 34.9 Å². The lowest BCUT2D eigenvalue weighted by Crippen LogP contribution is -2.24. The van der Waals surface area contributed by atoms with Gasteiger partial charge in [-0.15, -0.1) is 0 Å². The molecule has 2 rings (SSSR count). The van der Waals surface area contributed by atoms with Crippen LogP contribution >= 0.6 is 15.9 Å². The second-order valence-electron chi connectivity index (χ2n) is 5.09. The van der Waals surface area contributed by atoms with Crippen LogP contribution in [0.2, 0.25) is 0 Å². The third-order valence-electron chi connectivity index (χ3n) is 3.94. The molecule has 1 aromatic rings. The number of hydrogen-bond acceptors (Lipinski definition) is 2. The summed E-state index contributed by atoms with van der Waals surface area (Å²) < 4.78 is 6.64. The number of nitrogens with one attached hydrogen (secondary N) is 1. The molecule has 1 unspecified atom stereocenters. The van der Waals surface area contributed by atoms with Crippen LogP contribution in [-0.2, 0) is 4.74 Å². The predicted octanol–water partition coefficient (Wildman–Crippen LogP) is 3.83. The molecule has 1 heterocycles. The first kappa shape index (κ1) is 14.0. The van der Waals surface area contributed by atoms with Crippen molar-refractivity contribution >= 4 is 15.9 Å². The van der Waals surface area contributed by atoms with Crippen LogP contribution in [0.4, 0.5) is 0 Å². The standard InChI is InChI=1S/C15H22BrNO/c1-11-13(4-3-5-14(11)16)15(17-2)10-12-6-8-18-9-7-12/h3-5,12,15,17H,6-10H2,1-2H3. The van der Waals surface area contributed by atoms with Gasteiger partial charge in [0.1, 0.15) is 0 Å². The smallest absolute Gasteiger partial charge is 0.0468 e. The Kier molecular flexibility index (Phi) is 5.22. The minimum atomic E-state index is 0.450. The van der Waals surface area contributed by atoms with Crippen LogP contribution in [0.1, 0.15) is 36.4 Å². The zero-order valence-electron chi connectivity index (χ0n) is 11.2. The van der Waals surface area contributed by atoms with E-state index in [1.54, 1.807) is 0 Å². The SMILES string of the molecule is CNC(CC1CCOCC1)c1cccc(Br)c1C. The Labute approximate surface area is 118 Å². The maximum Gasteiger partial charge on any atom is 0.0468 e. The van der Waals surface area contributed by atoms with Gasteiger partial charge in [0, 0.05) is 23.7 Å². The second-order valence-corrected chi connectivity index (χ2v) is 5.94. The van der Waals surface area contributed by atoms with Crippen LogP contribution < -0.4 is 5.32 Å². The fraction of sp³-hybridized carbons (Fsp3) is 0.600. The van der Waals surface area contributed by atoms with E-state index in [0.29, 0.717) is 6.04 Å². The van der Waals surface area contributed by atoms with Crippen LogP contribution in [0.3, 0.4) is 0 Å². The van der Waals surface area contributed by atoms with Gasteiger partial charge in [0.15, 0.2) is 0 Å². The third-order valence-corrected chi connectivity index (χ3v) is 4.80. The molecule has 1 N–H and O–H groups in total. The highest BCUT2D eigenvalue weighted by Crippen LogP contribution is 2.31. The van der Waals surface area contributed by atoms with E-state index in [9.17, 15) is 0 Å².